The number of nitrogens with one attached hydrogen (secondary N) is 2. The van der Waals surface area contributed by atoms with Crippen LogP contribution in [0.15, 0.2) is 53.5 Å². The van der Waals surface area contributed by atoms with Crippen LogP contribution in [0.4, 0.5) is 15.3 Å². The maximum absolute atomic E-state index is 13.3. The van der Waals surface area contributed by atoms with Crippen LogP contribution >= 0.6 is 0 Å². The summed E-state index contributed by atoms with van der Waals surface area (Å²) in [5, 5.41) is 14.8. The fourth-order valence-electron chi connectivity index (χ4n) is 4.38. The minimum absolute atomic E-state index is 0.0794. The van der Waals surface area contributed by atoms with Crippen molar-refractivity contribution in [1.29, 1.82) is 0 Å². The van der Waals surface area contributed by atoms with Gasteiger partial charge in [-0.2, -0.15) is 0 Å². The van der Waals surface area contributed by atoms with Crippen molar-refractivity contribution in [2.45, 2.75) is 44.7 Å². The van der Waals surface area contributed by atoms with Crippen LogP contribution in [-0.2, 0) is 27.3 Å². The first-order valence-corrected chi connectivity index (χ1v) is 12.7. The number of para-hydroxylation sites is 1. The molecule has 40 heavy (non-hydrogen) atoms. The molecule has 210 valence electrons. The molecular formula is C27H30N6O7. The number of nitrogens with two attached hydrogens (primary N) is 1. The Hall–Kier alpha value is -4.94. The molecule has 1 aromatic carbocycles. The average molecular weight is 551 g/mol. The Morgan fingerprint density at radius 2 is 2.00 bits per heavy atom. The van der Waals surface area contributed by atoms with E-state index in [9.17, 15) is 29.1 Å². The van der Waals surface area contributed by atoms with Gasteiger partial charge in [0, 0.05) is 6.20 Å². The molecule has 2 aromatic heterocycles. The smallest absolute Gasteiger partial charge is 0.417 e. The van der Waals surface area contributed by atoms with Gasteiger partial charge in [0.1, 0.15) is 17.6 Å². The number of amides is 3. The van der Waals surface area contributed by atoms with Crippen LogP contribution in [-0.4, -0.2) is 56.4 Å². The molecule has 0 unspecified atom stereocenters. The Morgan fingerprint density at radius 3 is 2.67 bits per heavy atom. The van der Waals surface area contributed by atoms with Crippen LogP contribution in [0.5, 0.6) is 0 Å². The van der Waals surface area contributed by atoms with Crippen LogP contribution in [0.25, 0.3) is 11.0 Å². The minimum atomic E-state index is -1.22. The molecule has 4 rings (SSSR count). The van der Waals surface area contributed by atoms with Gasteiger partial charge in [-0.3, -0.25) is 14.4 Å². The summed E-state index contributed by atoms with van der Waals surface area (Å²) in [6.07, 6.45) is 5.41. The molecule has 2 heterocycles. The van der Waals surface area contributed by atoms with Gasteiger partial charge in [0.05, 0.1) is 24.7 Å². The Balaban J connectivity index is 1.58. The molecule has 3 aromatic rings. The summed E-state index contributed by atoms with van der Waals surface area (Å²) in [5.41, 5.74) is 6.39. The molecule has 13 heteroatoms. The van der Waals surface area contributed by atoms with Crippen LogP contribution in [0.1, 0.15) is 37.1 Å². The number of primary amides is 1. The van der Waals surface area contributed by atoms with Crippen molar-refractivity contribution in [1.82, 2.24) is 19.4 Å². The summed E-state index contributed by atoms with van der Waals surface area (Å²) in [7, 11) is 1.15. The second kappa shape index (κ2) is 12.3. The molecule has 1 saturated carbocycles. The predicted octanol–water partition coefficient (Wildman–Crippen LogP) is 2.21. The number of ether oxygens (including phenoxy) is 1. The lowest BCUT2D eigenvalue weighted by Gasteiger charge is -2.17. The molecule has 13 nitrogen and oxygen atoms in total. The number of methoxy groups -OCH3 is 1. The normalized spacial score (nSPS) is 13.7. The van der Waals surface area contributed by atoms with Crippen molar-refractivity contribution < 1.29 is 29.0 Å². The first-order chi connectivity index (χ1) is 19.2. The standard InChI is InChI=1S/C27H30N6O7/c1-40-26(37)30-18(7-2-3-10-21(28)34)24(35)29-19-8-5-13-32(25(19)36)15-22-31-23-17(14-16-11-12-16)6-4-9-20(23)33(22)27(38)39/h3-6,8-10,13,16,18H,2,7,11-12,14-15H2,1H3,(H2,28,34)(H,29,35)(H,30,37)(H,38,39)/b10-3+/t18-/m0/s1. The Bertz CT molecular complexity index is 1540. The van der Waals surface area contributed by atoms with Gasteiger partial charge in [0.25, 0.3) is 5.56 Å². The highest BCUT2D eigenvalue weighted by Crippen LogP contribution is 2.34. The van der Waals surface area contributed by atoms with Crippen LogP contribution in [0.2, 0.25) is 0 Å². The lowest BCUT2D eigenvalue weighted by atomic mass is 10.1. The molecular weight excluding hydrogens is 520 g/mol. The summed E-state index contributed by atoms with van der Waals surface area (Å²) in [6.45, 7) is -0.159. The van der Waals surface area contributed by atoms with Gasteiger partial charge in [-0.15, -0.1) is 0 Å². The van der Waals surface area contributed by atoms with E-state index >= 15 is 0 Å². The SMILES string of the molecule is COC(=O)N[C@@H](CC/C=C/C(N)=O)C(=O)Nc1cccn(Cc2nc3c(CC4CC4)cccc3n2C(=O)O)c1=O. The number of nitrogens with zero attached hydrogens (tertiary/aromatic N) is 3. The number of pyridine rings is 1. The van der Waals surface area contributed by atoms with Crippen molar-refractivity contribution in [3.63, 3.8) is 0 Å². The number of hydrogen-bond acceptors (Lipinski definition) is 7. The molecule has 0 radical (unpaired) electrons. The van der Waals surface area contributed by atoms with E-state index in [4.69, 9.17) is 5.73 Å². The van der Waals surface area contributed by atoms with Crippen molar-refractivity contribution in [3.8, 4) is 0 Å². The molecule has 0 spiro atoms. The Labute approximate surface area is 228 Å². The summed E-state index contributed by atoms with van der Waals surface area (Å²) in [6, 6.07) is 7.26. The first kappa shape index (κ1) is 28.1. The number of allylic oxidation sites excluding steroid dienone is 1. The molecule has 1 aliphatic rings. The van der Waals surface area contributed by atoms with Gasteiger partial charge in [-0.05, 0) is 67.9 Å². The van der Waals surface area contributed by atoms with Gasteiger partial charge in [0.15, 0.2) is 0 Å². The lowest BCUT2D eigenvalue weighted by molar-refractivity contribution is -0.118. The van der Waals surface area contributed by atoms with E-state index in [1.807, 2.05) is 6.07 Å². The van der Waals surface area contributed by atoms with Crippen molar-refractivity contribution in [3.05, 3.63) is 70.4 Å². The third-order valence-electron chi connectivity index (χ3n) is 6.52. The summed E-state index contributed by atoms with van der Waals surface area (Å²) in [4.78, 5) is 65.7. The molecule has 0 saturated heterocycles. The molecule has 1 fully saturated rings. The summed E-state index contributed by atoms with van der Waals surface area (Å²) in [5.74, 6) is -0.607. The number of aromatic nitrogens is 3. The highest BCUT2D eigenvalue weighted by atomic mass is 16.5. The number of imidazole rings is 1. The predicted molar refractivity (Wildman–Crippen MR) is 145 cm³/mol. The summed E-state index contributed by atoms with van der Waals surface area (Å²) >= 11 is 0. The van der Waals surface area contributed by atoms with Crippen LogP contribution in [0, 0.1) is 5.92 Å². The third-order valence-corrected chi connectivity index (χ3v) is 6.52. The number of carbonyl (C=O) groups excluding carboxylic acids is 3. The number of anilines is 1. The number of hydrogen-bond donors (Lipinski definition) is 4. The average Bonchev–Trinajstić information content (AvgIpc) is 3.65. The second-order valence-electron chi connectivity index (χ2n) is 9.49. The zero-order chi connectivity index (χ0) is 28.8. The van der Waals surface area contributed by atoms with Crippen molar-refractivity contribution in [2.24, 2.45) is 11.7 Å². The fraction of sp³-hybridized carbons (Fsp3) is 0.333. The fourth-order valence-corrected chi connectivity index (χ4v) is 4.38. The third kappa shape index (κ3) is 6.73. The first-order valence-electron chi connectivity index (χ1n) is 12.7. The van der Waals surface area contributed by atoms with Crippen molar-refractivity contribution in [2.75, 3.05) is 12.4 Å². The van der Waals surface area contributed by atoms with Gasteiger partial charge in [0.2, 0.25) is 11.8 Å². The maximum Gasteiger partial charge on any atom is 0.417 e. The number of benzene rings is 1. The van der Waals surface area contributed by atoms with E-state index in [0.29, 0.717) is 17.0 Å². The molecule has 1 aliphatic carbocycles. The quantitative estimate of drug-likeness (QED) is 0.261. The largest absolute Gasteiger partial charge is 0.464 e. The summed E-state index contributed by atoms with van der Waals surface area (Å²) < 4.78 is 6.89. The topological polar surface area (TPSA) is 188 Å². The number of carboxylic acid groups (broad SMARTS) is 1. The van der Waals surface area contributed by atoms with E-state index in [2.05, 4.69) is 20.4 Å². The molecule has 0 bridgehead atoms. The minimum Gasteiger partial charge on any atom is -0.464 e. The zero-order valence-electron chi connectivity index (χ0n) is 21.8. The van der Waals surface area contributed by atoms with Gasteiger partial charge in [-0.1, -0.05) is 18.2 Å². The van der Waals surface area contributed by atoms with Gasteiger partial charge in [-0.25, -0.2) is 19.1 Å². The van der Waals surface area contributed by atoms with E-state index in [-0.39, 0.29) is 30.9 Å². The highest BCUT2D eigenvalue weighted by molar-refractivity contribution is 5.96. The zero-order valence-corrected chi connectivity index (χ0v) is 21.8. The number of rotatable bonds is 11. The van der Waals surface area contributed by atoms with Crippen LogP contribution < -0.4 is 21.9 Å². The van der Waals surface area contributed by atoms with Crippen LogP contribution in [0.3, 0.4) is 0 Å². The second-order valence-corrected chi connectivity index (χ2v) is 9.49. The highest BCUT2D eigenvalue weighted by Gasteiger charge is 2.25. The number of fused-ring (bicyclic) bond motifs is 1. The number of alkyl carbamates (subject to hydrolysis) is 1. The van der Waals surface area contributed by atoms with Gasteiger partial charge >= 0.3 is 12.2 Å². The van der Waals surface area contributed by atoms with E-state index in [1.54, 1.807) is 12.1 Å². The molecule has 1 atom stereocenters. The lowest BCUT2D eigenvalue weighted by Crippen LogP contribution is -2.44. The molecule has 0 aliphatic heterocycles. The monoisotopic (exact) mass is 550 g/mol. The molecule has 5 N–H and O–H groups in total. The van der Waals surface area contributed by atoms with E-state index in [1.165, 1.54) is 29.0 Å². The molecule has 3 amide bonds. The maximum atomic E-state index is 13.3. The van der Waals surface area contributed by atoms with Crippen molar-refractivity contribution >= 4 is 40.7 Å². The Morgan fingerprint density at radius 1 is 1.23 bits per heavy atom. The van der Waals surface area contributed by atoms with Gasteiger partial charge < -0.3 is 30.8 Å². The van der Waals surface area contributed by atoms with E-state index in [0.717, 1.165) is 42.6 Å². The van der Waals surface area contributed by atoms with E-state index < -0.39 is 35.6 Å². The number of carbonyl (C=O) groups is 4. The Kier molecular flexibility index (Phi) is 8.62.